The molecule has 4 atom stereocenters. The van der Waals surface area contributed by atoms with Gasteiger partial charge in [-0.25, -0.2) is 0 Å². The molecule has 0 aromatic carbocycles. The Morgan fingerprint density at radius 3 is 2.80 bits per heavy atom. The lowest BCUT2D eigenvalue weighted by molar-refractivity contribution is -0.142. The second kappa shape index (κ2) is 5.61. The molecule has 4 nitrogen and oxygen atoms in total. The van der Waals surface area contributed by atoms with E-state index in [-0.39, 0.29) is 12.0 Å². The number of esters is 1. The first kappa shape index (κ1) is 12.6. The molecule has 1 saturated heterocycles. The maximum absolute atomic E-state index is 11.6. The molecule has 1 rings (SSSR count). The minimum atomic E-state index is -0.908. The number of rotatable bonds is 3. The quantitative estimate of drug-likeness (QED) is 0.712. The summed E-state index contributed by atoms with van der Waals surface area (Å²) in [6.45, 7) is 4.20. The van der Waals surface area contributed by atoms with E-state index >= 15 is 0 Å². The molecule has 1 aliphatic heterocycles. The second-order valence-electron chi connectivity index (χ2n) is 4.01. The van der Waals surface area contributed by atoms with E-state index in [1.165, 1.54) is 7.11 Å². The average molecular weight is 233 g/mol. The van der Waals surface area contributed by atoms with Crippen molar-refractivity contribution in [3.63, 3.8) is 0 Å². The van der Waals surface area contributed by atoms with Gasteiger partial charge in [0.25, 0.3) is 0 Å². The molecule has 1 aliphatic rings. The number of carbonyl (C=O) groups excluding carboxylic acids is 1. The molecule has 88 valence electrons. The summed E-state index contributed by atoms with van der Waals surface area (Å²) in [5, 5.41) is 3.22. The Morgan fingerprint density at radius 1 is 1.60 bits per heavy atom. The van der Waals surface area contributed by atoms with Gasteiger partial charge in [-0.05, 0) is 5.92 Å². The summed E-state index contributed by atoms with van der Waals surface area (Å²) < 4.78 is 16.3. The number of methoxy groups -OCH3 is 1. The largest absolute Gasteiger partial charge is 0.468 e. The van der Waals surface area contributed by atoms with Crippen molar-refractivity contribution < 1.29 is 13.7 Å². The van der Waals surface area contributed by atoms with Crippen LogP contribution in [0.4, 0.5) is 0 Å². The highest BCUT2D eigenvalue weighted by atomic mass is 32.2. The topological polar surface area (TPSA) is 55.4 Å². The molecule has 0 aromatic heterocycles. The molecule has 1 N–H and O–H groups in total. The van der Waals surface area contributed by atoms with Gasteiger partial charge in [-0.1, -0.05) is 20.3 Å². The molecule has 15 heavy (non-hydrogen) atoms. The summed E-state index contributed by atoms with van der Waals surface area (Å²) in [5.74, 6) is 1.14. The molecule has 0 aromatic rings. The van der Waals surface area contributed by atoms with Gasteiger partial charge in [0.2, 0.25) is 0 Å². The zero-order valence-corrected chi connectivity index (χ0v) is 10.3. The molecule has 5 heteroatoms. The first-order valence-electron chi connectivity index (χ1n) is 5.27. The van der Waals surface area contributed by atoms with Crippen molar-refractivity contribution in [2.75, 3.05) is 18.6 Å². The summed E-state index contributed by atoms with van der Waals surface area (Å²) in [6.07, 6.45) is 1.02. The number of ether oxygens (including phenoxy) is 1. The molecule has 0 amide bonds. The maximum atomic E-state index is 11.6. The Labute approximate surface area is 93.2 Å². The summed E-state index contributed by atoms with van der Waals surface area (Å²) in [5.41, 5.74) is 0. The fourth-order valence-electron chi connectivity index (χ4n) is 1.70. The Balaban J connectivity index is 2.63. The third kappa shape index (κ3) is 3.28. The lowest BCUT2D eigenvalue weighted by Crippen LogP contribution is -2.56. The molecule has 0 radical (unpaired) electrons. The molecule has 0 bridgehead atoms. The van der Waals surface area contributed by atoms with E-state index in [9.17, 15) is 9.00 Å². The number of hydrogen-bond acceptors (Lipinski definition) is 4. The lowest BCUT2D eigenvalue weighted by atomic mass is 10.00. The van der Waals surface area contributed by atoms with Gasteiger partial charge in [-0.3, -0.25) is 14.3 Å². The van der Waals surface area contributed by atoms with Crippen molar-refractivity contribution in [3.05, 3.63) is 0 Å². The van der Waals surface area contributed by atoms with Crippen molar-refractivity contribution >= 4 is 16.8 Å². The summed E-state index contributed by atoms with van der Waals surface area (Å²) in [7, 11) is 0.453. The Kier molecular flexibility index (Phi) is 4.73. The SMILES string of the molecule is CCC(C)C1CS(=O)CC(C(=O)OC)N1. The predicted octanol–water partition coefficient (Wildman–Crippen LogP) is 0.295. The average Bonchev–Trinajstić information content (AvgIpc) is 2.26. The predicted molar refractivity (Wildman–Crippen MR) is 60.1 cm³/mol. The molecule has 0 spiro atoms. The normalized spacial score (nSPS) is 33.4. The lowest BCUT2D eigenvalue weighted by Gasteiger charge is -2.32. The van der Waals surface area contributed by atoms with Crippen LogP contribution < -0.4 is 5.32 Å². The zero-order valence-electron chi connectivity index (χ0n) is 9.49. The summed E-state index contributed by atoms with van der Waals surface area (Å²) in [4.78, 5) is 11.3. The highest BCUT2D eigenvalue weighted by Crippen LogP contribution is 2.14. The van der Waals surface area contributed by atoms with E-state index in [0.717, 1.165) is 6.42 Å². The van der Waals surface area contributed by atoms with Gasteiger partial charge in [0.1, 0.15) is 6.04 Å². The smallest absolute Gasteiger partial charge is 0.323 e. The van der Waals surface area contributed by atoms with Gasteiger partial charge in [0.15, 0.2) is 0 Å². The molecule has 0 aliphatic carbocycles. The van der Waals surface area contributed by atoms with E-state index in [2.05, 4.69) is 23.9 Å². The first-order valence-corrected chi connectivity index (χ1v) is 6.76. The van der Waals surface area contributed by atoms with E-state index in [0.29, 0.717) is 17.4 Å². The summed E-state index contributed by atoms with van der Waals surface area (Å²) in [6, 6.07) is -0.239. The van der Waals surface area contributed by atoms with Crippen molar-refractivity contribution in [3.8, 4) is 0 Å². The Hall–Kier alpha value is -0.420. The van der Waals surface area contributed by atoms with Crippen LogP contribution in [0, 0.1) is 5.92 Å². The fraction of sp³-hybridized carbons (Fsp3) is 0.900. The van der Waals surface area contributed by atoms with Crippen LogP contribution in [-0.2, 0) is 20.3 Å². The van der Waals surface area contributed by atoms with Gasteiger partial charge in [0, 0.05) is 28.3 Å². The zero-order chi connectivity index (χ0) is 11.4. The molecular weight excluding hydrogens is 214 g/mol. The van der Waals surface area contributed by atoms with E-state index in [1.807, 2.05) is 0 Å². The fourth-order valence-corrected chi connectivity index (χ4v) is 3.27. The van der Waals surface area contributed by atoms with Gasteiger partial charge in [-0.15, -0.1) is 0 Å². The van der Waals surface area contributed by atoms with Crippen molar-refractivity contribution in [2.24, 2.45) is 5.92 Å². The minimum absolute atomic E-state index is 0.161. The van der Waals surface area contributed by atoms with E-state index in [4.69, 9.17) is 0 Å². The third-order valence-corrected chi connectivity index (χ3v) is 4.39. The van der Waals surface area contributed by atoms with Crippen LogP contribution in [0.25, 0.3) is 0 Å². The van der Waals surface area contributed by atoms with Crippen LogP contribution in [0.5, 0.6) is 0 Å². The van der Waals surface area contributed by atoms with Gasteiger partial charge in [-0.2, -0.15) is 0 Å². The number of nitrogens with one attached hydrogen (secondary N) is 1. The summed E-state index contributed by atoms with van der Waals surface area (Å²) >= 11 is 0. The highest BCUT2D eigenvalue weighted by Gasteiger charge is 2.32. The highest BCUT2D eigenvalue weighted by molar-refractivity contribution is 7.85. The van der Waals surface area contributed by atoms with E-state index < -0.39 is 16.8 Å². The van der Waals surface area contributed by atoms with Crippen molar-refractivity contribution in [2.45, 2.75) is 32.4 Å². The van der Waals surface area contributed by atoms with Crippen LogP contribution in [-0.4, -0.2) is 40.9 Å². The van der Waals surface area contributed by atoms with Crippen LogP contribution >= 0.6 is 0 Å². The molecule has 0 saturated carbocycles. The van der Waals surface area contributed by atoms with Gasteiger partial charge < -0.3 is 4.74 Å². The third-order valence-electron chi connectivity index (χ3n) is 2.95. The second-order valence-corrected chi connectivity index (χ2v) is 5.55. The first-order chi connectivity index (χ1) is 7.08. The molecular formula is C10H19NO3S. The number of hydrogen-bond donors (Lipinski definition) is 1. The Bertz CT molecular complexity index is 257. The van der Waals surface area contributed by atoms with E-state index in [1.54, 1.807) is 0 Å². The van der Waals surface area contributed by atoms with Crippen molar-refractivity contribution in [1.29, 1.82) is 0 Å². The molecule has 1 heterocycles. The molecule has 4 unspecified atom stereocenters. The van der Waals surface area contributed by atoms with Crippen LogP contribution in [0.2, 0.25) is 0 Å². The molecule has 1 fully saturated rings. The number of carbonyl (C=O) groups is 1. The van der Waals surface area contributed by atoms with Gasteiger partial charge in [0.05, 0.1) is 7.11 Å². The van der Waals surface area contributed by atoms with Crippen molar-refractivity contribution in [1.82, 2.24) is 5.32 Å². The van der Waals surface area contributed by atoms with Crippen LogP contribution in [0.15, 0.2) is 0 Å². The standard InChI is InChI=1S/C10H19NO3S/c1-4-7(2)8-5-15(13)6-9(11-8)10(12)14-3/h7-9,11H,4-6H2,1-3H3. The monoisotopic (exact) mass is 233 g/mol. The van der Waals surface area contributed by atoms with Crippen LogP contribution in [0.3, 0.4) is 0 Å². The van der Waals surface area contributed by atoms with Crippen LogP contribution in [0.1, 0.15) is 20.3 Å². The van der Waals surface area contributed by atoms with Gasteiger partial charge >= 0.3 is 5.97 Å². The maximum Gasteiger partial charge on any atom is 0.323 e. The minimum Gasteiger partial charge on any atom is -0.468 e. The Morgan fingerprint density at radius 2 is 2.27 bits per heavy atom.